The Bertz CT molecular complexity index is 389. The smallest absolute Gasteiger partial charge is 0.450 e. The summed E-state index contributed by atoms with van der Waals surface area (Å²) in [5.41, 5.74) is -1.19. The van der Waals surface area contributed by atoms with Gasteiger partial charge in [-0.05, 0) is 0 Å². The van der Waals surface area contributed by atoms with E-state index in [0.717, 1.165) is 6.07 Å². The third-order valence-electron chi connectivity index (χ3n) is 1.17. The van der Waals surface area contributed by atoms with E-state index in [0.29, 0.717) is 0 Å². The van der Waals surface area contributed by atoms with Crippen LogP contribution < -0.4 is 11.2 Å². The fourth-order valence-corrected chi connectivity index (χ4v) is 0.737. The van der Waals surface area contributed by atoms with Gasteiger partial charge >= 0.3 is 11.8 Å². The monoisotopic (exact) mass is 186 g/mol. The number of nitrogens with one attached hydrogen (secondary N) is 2. The molecule has 0 aromatic carbocycles. The quantitative estimate of drug-likeness (QED) is 0.526. The summed E-state index contributed by atoms with van der Waals surface area (Å²) in [6, 6.07) is 1.05. The summed E-state index contributed by atoms with van der Waals surface area (Å²) in [7, 11) is 0. The fraction of sp³-hybridized carbons (Fsp3) is 0.167. The lowest BCUT2D eigenvalue weighted by molar-refractivity contribution is 0.0841. The van der Waals surface area contributed by atoms with Crippen molar-refractivity contribution < 1.29 is 14.6 Å². The van der Waals surface area contributed by atoms with Crippen LogP contribution in [0.1, 0.15) is 5.69 Å². The molecule has 0 aliphatic rings. The summed E-state index contributed by atoms with van der Waals surface area (Å²) in [5.74, 6) is 0. The van der Waals surface area contributed by atoms with E-state index < -0.39 is 17.4 Å². The molecule has 0 spiro atoms. The van der Waals surface area contributed by atoms with Gasteiger partial charge in [0.25, 0.3) is 5.56 Å². The van der Waals surface area contributed by atoms with Crippen molar-refractivity contribution in [2.75, 3.05) is 0 Å². The highest BCUT2D eigenvalue weighted by atomic mass is 16.7. The molecule has 1 aromatic rings. The Morgan fingerprint density at radius 1 is 1.46 bits per heavy atom. The number of carboxylic acid groups (broad SMARTS) is 1. The van der Waals surface area contributed by atoms with Gasteiger partial charge in [0, 0.05) is 6.07 Å². The van der Waals surface area contributed by atoms with Gasteiger partial charge in [-0.3, -0.25) is 9.78 Å². The van der Waals surface area contributed by atoms with Crippen LogP contribution in [0.15, 0.2) is 15.7 Å². The lowest BCUT2D eigenvalue weighted by Crippen LogP contribution is -2.23. The van der Waals surface area contributed by atoms with Crippen molar-refractivity contribution in [2.45, 2.75) is 6.61 Å². The van der Waals surface area contributed by atoms with E-state index in [-0.39, 0.29) is 12.3 Å². The van der Waals surface area contributed by atoms with E-state index in [4.69, 9.17) is 5.11 Å². The molecule has 0 bridgehead atoms. The average molecular weight is 186 g/mol. The van der Waals surface area contributed by atoms with Crippen LogP contribution in [-0.2, 0) is 11.3 Å². The third kappa shape index (κ3) is 2.81. The van der Waals surface area contributed by atoms with E-state index in [1.165, 1.54) is 0 Å². The van der Waals surface area contributed by atoms with Gasteiger partial charge < -0.3 is 14.8 Å². The fourth-order valence-electron chi connectivity index (χ4n) is 0.737. The van der Waals surface area contributed by atoms with Crippen LogP contribution in [0, 0.1) is 0 Å². The highest BCUT2D eigenvalue weighted by Crippen LogP contribution is 1.89. The van der Waals surface area contributed by atoms with E-state index in [9.17, 15) is 14.4 Å². The number of aromatic amines is 2. The van der Waals surface area contributed by atoms with Crippen molar-refractivity contribution in [3.05, 3.63) is 32.6 Å². The summed E-state index contributed by atoms with van der Waals surface area (Å²) < 4.78 is 4.13. The number of carbonyl (C=O) groups is 1. The predicted molar refractivity (Wildman–Crippen MR) is 40.5 cm³/mol. The van der Waals surface area contributed by atoms with Gasteiger partial charge in [-0.25, -0.2) is 9.59 Å². The molecule has 0 saturated heterocycles. The van der Waals surface area contributed by atoms with E-state index in [1.54, 1.807) is 0 Å². The van der Waals surface area contributed by atoms with Crippen molar-refractivity contribution in [1.29, 1.82) is 0 Å². The molecule has 0 unspecified atom stereocenters. The molecule has 0 radical (unpaired) electrons. The Morgan fingerprint density at radius 3 is 2.69 bits per heavy atom. The lowest BCUT2D eigenvalue weighted by atomic mass is 10.4. The molecule has 0 saturated carbocycles. The summed E-state index contributed by atoms with van der Waals surface area (Å²) in [6.45, 7) is -0.353. The maximum atomic E-state index is 10.7. The summed E-state index contributed by atoms with van der Waals surface area (Å²) in [5, 5.41) is 8.11. The van der Waals surface area contributed by atoms with Crippen molar-refractivity contribution in [3.63, 3.8) is 0 Å². The maximum absolute atomic E-state index is 10.7. The Balaban J connectivity index is 2.84. The van der Waals surface area contributed by atoms with Crippen LogP contribution in [0.2, 0.25) is 0 Å². The van der Waals surface area contributed by atoms with Gasteiger partial charge in [0.15, 0.2) is 0 Å². The molecule has 7 nitrogen and oxygen atoms in total. The minimum Gasteiger partial charge on any atom is -0.450 e. The summed E-state index contributed by atoms with van der Waals surface area (Å²) >= 11 is 0. The number of aromatic nitrogens is 2. The molecule has 1 heterocycles. The van der Waals surface area contributed by atoms with Crippen molar-refractivity contribution in [3.8, 4) is 0 Å². The van der Waals surface area contributed by atoms with E-state index in [2.05, 4.69) is 9.72 Å². The number of hydrogen-bond acceptors (Lipinski definition) is 4. The zero-order valence-corrected chi connectivity index (χ0v) is 6.36. The van der Waals surface area contributed by atoms with E-state index in [1.807, 2.05) is 4.98 Å². The van der Waals surface area contributed by atoms with Gasteiger partial charge in [0.1, 0.15) is 6.61 Å². The van der Waals surface area contributed by atoms with Gasteiger partial charge in [0.2, 0.25) is 0 Å². The van der Waals surface area contributed by atoms with Crippen LogP contribution in [-0.4, -0.2) is 21.2 Å². The molecular formula is C6H6N2O5. The molecular weight excluding hydrogens is 180 g/mol. The molecule has 0 atom stereocenters. The lowest BCUT2D eigenvalue weighted by Gasteiger charge is -1.98. The second kappa shape index (κ2) is 3.57. The molecule has 0 aliphatic carbocycles. The normalized spacial score (nSPS) is 9.54. The Labute approximate surface area is 71.0 Å². The van der Waals surface area contributed by atoms with Crippen molar-refractivity contribution >= 4 is 6.16 Å². The first-order valence-electron chi connectivity index (χ1n) is 3.26. The Kier molecular flexibility index (Phi) is 2.48. The number of ether oxygens (including phenoxy) is 1. The molecule has 0 aliphatic heterocycles. The first-order chi connectivity index (χ1) is 6.08. The number of hydrogen-bond donors (Lipinski definition) is 3. The van der Waals surface area contributed by atoms with E-state index >= 15 is 0 Å². The number of rotatable bonds is 2. The second-order valence-electron chi connectivity index (χ2n) is 2.17. The zero-order chi connectivity index (χ0) is 9.84. The SMILES string of the molecule is O=C(O)OCc1cc(=O)[nH]c(=O)[nH]1. The van der Waals surface area contributed by atoms with Crippen molar-refractivity contribution in [1.82, 2.24) is 9.97 Å². The highest BCUT2D eigenvalue weighted by Gasteiger charge is 2.00. The average Bonchev–Trinajstić information content (AvgIpc) is 1.99. The minimum atomic E-state index is -1.47. The topological polar surface area (TPSA) is 112 Å². The van der Waals surface area contributed by atoms with Crippen LogP contribution in [0.25, 0.3) is 0 Å². The van der Waals surface area contributed by atoms with Crippen LogP contribution >= 0.6 is 0 Å². The molecule has 3 N–H and O–H groups in total. The van der Waals surface area contributed by atoms with Gasteiger partial charge in [-0.2, -0.15) is 0 Å². The molecule has 70 valence electrons. The van der Waals surface area contributed by atoms with Gasteiger partial charge in [-0.15, -0.1) is 0 Å². The predicted octanol–water partition coefficient (Wildman–Crippen LogP) is -0.742. The van der Waals surface area contributed by atoms with Gasteiger partial charge in [-0.1, -0.05) is 0 Å². The summed E-state index contributed by atoms with van der Waals surface area (Å²) in [4.78, 5) is 35.4. The zero-order valence-electron chi connectivity index (χ0n) is 6.36. The minimum absolute atomic E-state index is 0.108. The molecule has 1 aromatic heterocycles. The Morgan fingerprint density at radius 2 is 2.15 bits per heavy atom. The van der Waals surface area contributed by atoms with Crippen LogP contribution in [0.5, 0.6) is 0 Å². The molecule has 0 fully saturated rings. The van der Waals surface area contributed by atoms with Crippen LogP contribution in [0.4, 0.5) is 4.79 Å². The van der Waals surface area contributed by atoms with Crippen LogP contribution in [0.3, 0.4) is 0 Å². The first-order valence-corrected chi connectivity index (χ1v) is 3.26. The number of H-pyrrole nitrogens is 2. The second-order valence-corrected chi connectivity index (χ2v) is 2.17. The highest BCUT2D eigenvalue weighted by molar-refractivity contribution is 5.56. The maximum Gasteiger partial charge on any atom is 0.506 e. The molecule has 13 heavy (non-hydrogen) atoms. The largest absolute Gasteiger partial charge is 0.506 e. The first kappa shape index (κ1) is 9.04. The van der Waals surface area contributed by atoms with Crippen molar-refractivity contribution in [2.24, 2.45) is 0 Å². The Hall–Kier alpha value is -2.05. The summed E-state index contributed by atoms with van der Waals surface area (Å²) in [6.07, 6.45) is -1.47. The third-order valence-corrected chi connectivity index (χ3v) is 1.17. The molecule has 7 heteroatoms. The van der Waals surface area contributed by atoms with Gasteiger partial charge in [0.05, 0.1) is 5.69 Å². The standard InChI is InChI=1S/C6H6N2O5/c9-4-1-3(2-13-6(11)12)7-5(10)8-4/h1H,2H2,(H,11,12)(H2,7,8,9,10). The molecule has 0 amide bonds. The molecule has 1 rings (SSSR count).